The molecule has 1 aromatic rings. The first kappa shape index (κ1) is 15.3. The average Bonchev–Trinajstić information content (AvgIpc) is 2.70. The summed E-state index contributed by atoms with van der Waals surface area (Å²) in [6.45, 7) is 2.83. The van der Waals surface area contributed by atoms with E-state index in [-0.39, 0.29) is 17.7 Å². The van der Waals surface area contributed by atoms with E-state index >= 15 is 0 Å². The summed E-state index contributed by atoms with van der Waals surface area (Å²) >= 11 is 9.50. The topological polar surface area (TPSA) is 46.2 Å². The highest BCUT2D eigenvalue weighted by Crippen LogP contribution is 2.34. The van der Waals surface area contributed by atoms with Gasteiger partial charge in [-0.05, 0) is 52.5 Å². The fourth-order valence-electron chi connectivity index (χ4n) is 2.57. The molecule has 0 bridgehead atoms. The van der Waals surface area contributed by atoms with Crippen molar-refractivity contribution >= 4 is 37.4 Å². The first-order valence-electron chi connectivity index (χ1n) is 6.31. The molecule has 0 radical (unpaired) electrons. The van der Waals surface area contributed by atoms with Crippen LogP contribution in [0.1, 0.15) is 24.9 Å². The number of rotatable bonds is 4. The van der Waals surface area contributed by atoms with Crippen molar-refractivity contribution in [2.45, 2.75) is 19.4 Å². The molecule has 0 aromatic heterocycles. The normalized spacial score (nSPS) is 23.4. The standard InChI is InChI=1S/C13H17BrClNO2S/c1-2-16-13(10-5-6-19(17,18)8-10)9-3-4-11(14)12(15)7-9/h3-4,7,10,13,16H,2,5-6,8H2,1H3. The third-order valence-electron chi connectivity index (χ3n) is 3.47. The molecular weight excluding hydrogens is 350 g/mol. The Morgan fingerprint density at radius 2 is 2.26 bits per heavy atom. The summed E-state index contributed by atoms with van der Waals surface area (Å²) in [5, 5.41) is 4.04. The molecule has 1 heterocycles. The fraction of sp³-hybridized carbons (Fsp3) is 0.538. The molecule has 1 aromatic carbocycles. The lowest BCUT2D eigenvalue weighted by atomic mass is 9.92. The molecule has 2 atom stereocenters. The Kier molecular flexibility index (Phi) is 4.93. The van der Waals surface area contributed by atoms with Crippen molar-refractivity contribution in [3.05, 3.63) is 33.3 Å². The Labute approximate surface area is 127 Å². The summed E-state index contributed by atoms with van der Waals surface area (Å²) < 4.78 is 24.1. The van der Waals surface area contributed by atoms with Crippen molar-refractivity contribution < 1.29 is 8.42 Å². The van der Waals surface area contributed by atoms with Crippen LogP contribution in [0, 0.1) is 5.92 Å². The van der Waals surface area contributed by atoms with Gasteiger partial charge in [-0.1, -0.05) is 24.6 Å². The minimum Gasteiger partial charge on any atom is -0.310 e. The lowest BCUT2D eigenvalue weighted by Crippen LogP contribution is -2.29. The molecule has 2 unspecified atom stereocenters. The number of hydrogen-bond donors (Lipinski definition) is 1. The Morgan fingerprint density at radius 1 is 1.53 bits per heavy atom. The molecule has 1 aliphatic heterocycles. The van der Waals surface area contributed by atoms with E-state index in [2.05, 4.69) is 21.2 Å². The Hall–Kier alpha value is -0.100. The van der Waals surface area contributed by atoms with Gasteiger partial charge in [-0.15, -0.1) is 0 Å². The van der Waals surface area contributed by atoms with Crippen molar-refractivity contribution in [1.29, 1.82) is 0 Å². The van der Waals surface area contributed by atoms with Crippen LogP contribution in [0.25, 0.3) is 0 Å². The molecule has 1 N–H and O–H groups in total. The molecule has 1 saturated heterocycles. The van der Waals surface area contributed by atoms with Crippen LogP contribution in [-0.2, 0) is 9.84 Å². The van der Waals surface area contributed by atoms with Gasteiger partial charge in [0.2, 0.25) is 0 Å². The van der Waals surface area contributed by atoms with E-state index in [1.54, 1.807) is 0 Å². The van der Waals surface area contributed by atoms with E-state index in [0.29, 0.717) is 17.2 Å². The van der Waals surface area contributed by atoms with Crippen molar-refractivity contribution in [1.82, 2.24) is 5.32 Å². The van der Waals surface area contributed by atoms with Gasteiger partial charge in [0.05, 0.1) is 16.5 Å². The highest BCUT2D eigenvalue weighted by Gasteiger charge is 2.34. The number of hydrogen-bond acceptors (Lipinski definition) is 3. The predicted octanol–water partition coefficient (Wildman–Crippen LogP) is 3.19. The highest BCUT2D eigenvalue weighted by molar-refractivity contribution is 9.10. The maximum atomic E-state index is 11.6. The van der Waals surface area contributed by atoms with Gasteiger partial charge in [0.1, 0.15) is 0 Å². The van der Waals surface area contributed by atoms with Crippen LogP contribution >= 0.6 is 27.5 Å². The molecular formula is C13H17BrClNO2S. The van der Waals surface area contributed by atoms with E-state index in [0.717, 1.165) is 16.6 Å². The first-order chi connectivity index (χ1) is 8.93. The summed E-state index contributed by atoms with van der Waals surface area (Å²) in [5.41, 5.74) is 1.05. The van der Waals surface area contributed by atoms with Gasteiger partial charge in [-0.2, -0.15) is 0 Å². The lowest BCUT2D eigenvalue weighted by Gasteiger charge is -2.24. The minimum atomic E-state index is -2.87. The number of halogens is 2. The van der Waals surface area contributed by atoms with E-state index in [1.807, 2.05) is 25.1 Å². The Bertz CT molecular complexity index is 562. The van der Waals surface area contributed by atoms with Crippen molar-refractivity contribution in [2.24, 2.45) is 5.92 Å². The Morgan fingerprint density at radius 3 is 2.79 bits per heavy atom. The SMILES string of the molecule is CCNC(c1ccc(Br)c(Cl)c1)C1CCS(=O)(=O)C1. The average molecular weight is 367 g/mol. The molecule has 1 aliphatic rings. The number of benzene rings is 1. The maximum absolute atomic E-state index is 11.6. The van der Waals surface area contributed by atoms with E-state index in [9.17, 15) is 8.42 Å². The Balaban J connectivity index is 2.27. The molecule has 1 fully saturated rings. The third-order valence-corrected chi connectivity index (χ3v) is 6.49. The zero-order chi connectivity index (χ0) is 14.0. The van der Waals surface area contributed by atoms with Crippen LogP contribution < -0.4 is 5.32 Å². The van der Waals surface area contributed by atoms with Gasteiger partial charge in [-0.3, -0.25) is 0 Å². The van der Waals surface area contributed by atoms with Gasteiger partial charge in [0, 0.05) is 10.5 Å². The van der Waals surface area contributed by atoms with Crippen LogP contribution in [0.2, 0.25) is 5.02 Å². The summed E-state index contributed by atoms with van der Waals surface area (Å²) in [6, 6.07) is 5.86. The van der Waals surface area contributed by atoms with Gasteiger partial charge >= 0.3 is 0 Å². The zero-order valence-corrected chi connectivity index (χ0v) is 13.9. The van der Waals surface area contributed by atoms with Crippen LogP contribution in [0.4, 0.5) is 0 Å². The van der Waals surface area contributed by atoms with Gasteiger partial charge in [-0.25, -0.2) is 8.42 Å². The molecule has 6 heteroatoms. The monoisotopic (exact) mass is 365 g/mol. The van der Waals surface area contributed by atoms with E-state index in [1.165, 1.54) is 0 Å². The second-order valence-electron chi connectivity index (χ2n) is 4.87. The molecule has 0 amide bonds. The summed E-state index contributed by atoms with van der Waals surface area (Å²) in [5.74, 6) is 0.685. The molecule has 106 valence electrons. The number of nitrogens with one attached hydrogen (secondary N) is 1. The number of sulfone groups is 1. The lowest BCUT2D eigenvalue weighted by molar-refractivity contribution is 0.400. The van der Waals surface area contributed by atoms with Crippen LogP contribution in [0.5, 0.6) is 0 Å². The molecule has 2 rings (SSSR count). The summed E-state index contributed by atoms with van der Waals surface area (Å²) in [4.78, 5) is 0. The zero-order valence-electron chi connectivity index (χ0n) is 10.7. The molecule has 0 aliphatic carbocycles. The first-order valence-corrected chi connectivity index (χ1v) is 9.31. The molecule has 0 saturated carbocycles. The largest absolute Gasteiger partial charge is 0.310 e. The summed E-state index contributed by atoms with van der Waals surface area (Å²) in [7, 11) is -2.87. The van der Waals surface area contributed by atoms with E-state index < -0.39 is 9.84 Å². The minimum absolute atomic E-state index is 0.0490. The van der Waals surface area contributed by atoms with Gasteiger partial charge < -0.3 is 5.32 Å². The van der Waals surface area contributed by atoms with Crippen LogP contribution in [0.15, 0.2) is 22.7 Å². The maximum Gasteiger partial charge on any atom is 0.150 e. The second kappa shape index (κ2) is 6.12. The third kappa shape index (κ3) is 3.72. The van der Waals surface area contributed by atoms with Crippen LogP contribution in [-0.4, -0.2) is 26.5 Å². The summed E-state index contributed by atoms with van der Waals surface area (Å²) in [6.07, 6.45) is 0.716. The second-order valence-corrected chi connectivity index (χ2v) is 8.36. The molecule has 19 heavy (non-hydrogen) atoms. The molecule has 0 spiro atoms. The smallest absolute Gasteiger partial charge is 0.150 e. The molecule has 3 nitrogen and oxygen atoms in total. The van der Waals surface area contributed by atoms with Gasteiger partial charge in [0.25, 0.3) is 0 Å². The predicted molar refractivity (Wildman–Crippen MR) is 82.3 cm³/mol. The van der Waals surface area contributed by atoms with Crippen molar-refractivity contribution in [3.8, 4) is 0 Å². The van der Waals surface area contributed by atoms with Crippen LogP contribution in [0.3, 0.4) is 0 Å². The fourth-order valence-corrected chi connectivity index (χ4v) is 4.84. The van der Waals surface area contributed by atoms with Crippen molar-refractivity contribution in [2.75, 3.05) is 18.1 Å². The van der Waals surface area contributed by atoms with E-state index in [4.69, 9.17) is 11.6 Å². The quantitative estimate of drug-likeness (QED) is 0.890. The van der Waals surface area contributed by atoms with Gasteiger partial charge in [0.15, 0.2) is 9.84 Å². The highest BCUT2D eigenvalue weighted by atomic mass is 79.9. The van der Waals surface area contributed by atoms with Crippen molar-refractivity contribution in [3.63, 3.8) is 0 Å².